The molecule has 2 heterocycles. The Kier molecular flexibility index (Phi) is 13.2. The third-order valence-electron chi connectivity index (χ3n) is 12.1. The molecule has 3 aliphatic rings. The number of carbonyl (C=O) groups excluding carboxylic acids is 3. The molecule has 0 radical (unpaired) electrons. The van der Waals surface area contributed by atoms with Crippen LogP contribution in [0.15, 0.2) is 72.8 Å². The molecule has 8 atom stereocenters. The first kappa shape index (κ1) is 45.8. The molecule has 2 amide bonds. The van der Waals surface area contributed by atoms with Crippen LogP contribution in [0.4, 0.5) is 26.3 Å². The van der Waals surface area contributed by atoms with Gasteiger partial charge in [0.15, 0.2) is 5.78 Å². The van der Waals surface area contributed by atoms with Gasteiger partial charge in [0.05, 0.1) is 67.3 Å². The number of aryl methyl sites for hydroxylation is 1. The highest BCUT2D eigenvalue weighted by Gasteiger charge is 2.52. The van der Waals surface area contributed by atoms with Gasteiger partial charge >= 0.3 is 24.2 Å². The number of ketones is 1. The highest BCUT2D eigenvalue weighted by molar-refractivity contribution is 6.09. The fourth-order valence-corrected chi connectivity index (χ4v) is 9.24. The number of Topliss-reactive ketones (excluding diaryl/α,β-unsaturated/α-hetero) is 1. The summed E-state index contributed by atoms with van der Waals surface area (Å²) >= 11 is 0. The second kappa shape index (κ2) is 18.1. The van der Waals surface area contributed by atoms with Gasteiger partial charge < -0.3 is 39.4 Å². The zero-order chi connectivity index (χ0) is 45.4. The van der Waals surface area contributed by atoms with E-state index in [4.69, 9.17) is 23.7 Å². The minimum absolute atomic E-state index is 0.00706. The monoisotopic (exact) mass is 886 g/mol. The van der Waals surface area contributed by atoms with Crippen LogP contribution >= 0.6 is 0 Å². The number of aromatic hydroxyl groups is 1. The van der Waals surface area contributed by atoms with Crippen molar-refractivity contribution in [3.63, 3.8) is 0 Å². The number of alkyl halides is 6. The predicted molar refractivity (Wildman–Crippen MR) is 216 cm³/mol. The smallest absolute Gasteiger partial charge is 0.471 e. The molecule has 3 N–H and O–H groups in total. The number of phenols is 1. The van der Waals surface area contributed by atoms with Crippen molar-refractivity contribution in [1.29, 1.82) is 0 Å². The third-order valence-corrected chi connectivity index (χ3v) is 12.1. The number of ether oxygens (including phenoxy) is 5. The van der Waals surface area contributed by atoms with Gasteiger partial charge in [-0.05, 0) is 73.4 Å². The summed E-state index contributed by atoms with van der Waals surface area (Å²) in [6, 6.07) is 19.8. The van der Waals surface area contributed by atoms with Crippen LogP contribution < -0.4 is 15.4 Å². The van der Waals surface area contributed by atoms with E-state index in [0.717, 1.165) is 5.56 Å². The number of rotatable bonds is 11. The van der Waals surface area contributed by atoms with Gasteiger partial charge in [0, 0.05) is 24.8 Å². The molecule has 338 valence electrons. The summed E-state index contributed by atoms with van der Waals surface area (Å²) in [5.74, 6) is -5.15. The van der Waals surface area contributed by atoms with E-state index in [1.807, 2.05) is 0 Å². The number of hydrogen-bond acceptors (Lipinski definition) is 9. The lowest BCUT2D eigenvalue weighted by atomic mass is 9.78. The van der Waals surface area contributed by atoms with E-state index in [1.54, 1.807) is 86.6 Å². The van der Waals surface area contributed by atoms with Gasteiger partial charge in [-0.15, -0.1) is 0 Å². The molecule has 4 aromatic carbocycles. The van der Waals surface area contributed by atoms with E-state index < -0.39 is 78.1 Å². The highest BCUT2D eigenvalue weighted by Crippen LogP contribution is 2.51. The summed E-state index contributed by atoms with van der Waals surface area (Å²) in [7, 11) is 1.30. The molecule has 0 aromatic heterocycles. The Balaban J connectivity index is 1.35. The third kappa shape index (κ3) is 9.66. The Bertz CT molecular complexity index is 2330. The van der Waals surface area contributed by atoms with E-state index in [-0.39, 0.29) is 60.5 Å². The molecule has 11 nitrogen and oxygen atoms in total. The van der Waals surface area contributed by atoms with Gasteiger partial charge in [0.25, 0.3) is 0 Å². The van der Waals surface area contributed by atoms with Crippen LogP contribution in [0.25, 0.3) is 10.8 Å². The molecule has 2 fully saturated rings. The molecule has 0 bridgehead atoms. The standard InChI is InChI=1S/C46H48F6N2O9/c1-24-39(60-22-26-12-7-5-8-13-26)32(53-42(57)45(47,48)49)20-34(62-24)29-19-31(40(59-4)37-30(29)18-28-16-11-17-33(55)36(28)38(37)56)35-21-44(3,54-43(58)46(50,51)52)41(25(2)63-35)61-23-27-14-9-6-10-15-27/h5-10,12-15,18-19,24-25,32,34-35,39,41,56H,11,16-17,20-23H2,1-4H3,(H,53,57)(H,54,58)/t24-,25+,32-,34-,35+,39-,41-,44+/m1/s1. The van der Waals surface area contributed by atoms with Gasteiger partial charge in [-0.1, -0.05) is 60.7 Å². The average molecular weight is 887 g/mol. The Morgan fingerprint density at radius 3 is 2.03 bits per heavy atom. The van der Waals surface area contributed by atoms with Gasteiger partial charge in [0.1, 0.15) is 23.7 Å². The first-order chi connectivity index (χ1) is 29.8. The van der Waals surface area contributed by atoms with Crippen molar-refractivity contribution in [3.8, 4) is 11.5 Å². The molecule has 0 unspecified atom stereocenters. The largest absolute Gasteiger partial charge is 0.506 e. The molecule has 63 heavy (non-hydrogen) atoms. The van der Waals surface area contributed by atoms with Crippen LogP contribution in [-0.2, 0) is 48.2 Å². The first-order valence-corrected chi connectivity index (χ1v) is 20.6. The maximum Gasteiger partial charge on any atom is 0.471 e. The summed E-state index contributed by atoms with van der Waals surface area (Å²) in [4.78, 5) is 38.6. The van der Waals surface area contributed by atoms with Gasteiger partial charge in [-0.25, -0.2) is 0 Å². The predicted octanol–water partition coefficient (Wildman–Crippen LogP) is 8.43. The number of hydrogen-bond donors (Lipinski definition) is 3. The van der Waals surface area contributed by atoms with Gasteiger partial charge in [-0.2, -0.15) is 26.3 Å². The van der Waals surface area contributed by atoms with Crippen molar-refractivity contribution in [2.75, 3.05) is 7.11 Å². The van der Waals surface area contributed by atoms with Crippen molar-refractivity contribution >= 4 is 28.4 Å². The lowest BCUT2D eigenvalue weighted by Crippen LogP contribution is -2.64. The number of benzene rings is 4. The maximum absolute atomic E-state index is 13.9. The van der Waals surface area contributed by atoms with E-state index in [9.17, 15) is 45.8 Å². The number of methoxy groups -OCH3 is 1. The molecule has 2 aliphatic heterocycles. The molecule has 0 spiro atoms. The molecule has 17 heteroatoms. The zero-order valence-electron chi connectivity index (χ0n) is 34.9. The van der Waals surface area contributed by atoms with Crippen LogP contribution in [0.5, 0.6) is 11.5 Å². The molecule has 0 saturated carbocycles. The fraction of sp³-hybridized carbons (Fsp3) is 0.457. The Hall–Kier alpha value is -5.23. The first-order valence-electron chi connectivity index (χ1n) is 20.6. The van der Waals surface area contributed by atoms with Crippen LogP contribution in [0.1, 0.15) is 96.8 Å². The SMILES string of the molecule is COc1c([C@@H]2C[C@](C)(NC(=O)C(F)(F)F)[C@H](OCc3ccccc3)[C@H](C)O2)cc([C@H]2C[C@@H](NC(=O)C(F)(F)F)[C@H](OCc3ccccc3)[C@@H](C)O2)c2cc3c(c(O)c12)C(=O)CCC3. The Morgan fingerprint density at radius 1 is 0.825 bits per heavy atom. The summed E-state index contributed by atoms with van der Waals surface area (Å²) in [6.45, 7) is 4.54. The normalized spacial score (nSPS) is 26.5. The van der Waals surface area contributed by atoms with Crippen LogP contribution in [0.3, 0.4) is 0 Å². The molecule has 1 aliphatic carbocycles. The number of carbonyl (C=O) groups is 3. The Morgan fingerprint density at radius 2 is 1.43 bits per heavy atom. The summed E-state index contributed by atoms with van der Waals surface area (Å²) in [5, 5.41) is 16.7. The number of fused-ring (bicyclic) bond motifs is 2. The van der Waals surface area contributed by atoms with Crippen molar-refractivity contribution in [3.05, 3.63) is 106 Å². The van der Waals surface area contributed by atoms with E-state index in [0.29, 0.717) is 34.9 Å². The van der Waals surface area contributed by atoms with Gasteiger partial charge in [0.2, 0.25) is 0 Å². The quantitative estimate of drug-likeness (QED) is 0.127. The van der Waals surface area contributed by atoms with Crippen LogP contribution in [0, 0.1) is 0 Å². The molecule has 7 rings (SSSR count). The van der Waals surface area contributed by atoms with Crippen molar-refractivity contribution in [2.45, 2.75) is 127 Å². The molecular weight excluding hydrogens is 838 g/mol. The van der Waals surface area contributed by atoms with Crippen molar-refractivity contribution in [2.24, 2.45) is 0 Å². The van der Waals surface area contributed by atoms with E-state index in [2.05, 4.69) is 10.6 Å². The number of phenolic OH excluding ortho intramolecular Hbond substituents is 1. The van der Waals surface area contributed by atoms with Gasteiger partial charge in [-0.3, -0.25) is 14.4 Å². The highest BCUT2D eigenvalue weighted by atomic mass is 19.4. The summed E-state index contributed by atoms with van der Waals surface area (Å²) < 4.78 is 115. The number of nitrogens with one attached hydrogen (secondary N) is 2. The Labute approximate surface area is 359 Å². The molecule has 2 saturated heterocycles. The second-order valence-electron chi connectivity index (χ2n) is 16.6. The number of halogens is 6. The summed E-state index contributed by atoms with van der Waals surface area (Å²) in [5.41, 5.74) is 0.748. The number of amides is 2. The fourth-order valence-electron chi connectivity index (χ4n) is 9.24. The van der Waals surface area contributed by atoms with Crippen molar-refractivity contribution in [1.82, 2.24) is 10.6 Å². The average Bonchev–Trinajstić information content (AvgIpc) is 3.22. The lowest BCUT2D eigenvalue weighted by Gasteiger charge is -2.48. The van der Waals surface area contributed by atoms with Crippen molar-refractivity contribution < 1.29 is 69.5 Å². The van der Waals surface area contributed by atoms with Crippen LogP contribution in [-0.4, -0.2) is 78.2 Å². The van der Waals surface area contributed by atoms with E-state index in [1.165, 1.54) is 14.0 Å². The van der Waals surface area contributed by atoms with Crippen LogP contribution in [0.2, 0.25) is 0 Å². The zero-order valence-corrected chi connectivity index (χ0v) is 34.9. The molecule has 4 aromatic rings. The minimum Gasteiger partial charge on any atom is -0.506 e. The summed E-state index contributed by atoms with van der Waals surface area (Å²) in [6.07, 6.45) is -16.4. The molecular formula is C46H48F6N2O9. The second-order valence-corrected chi connectivity index (χ2v) is 16.6. The lowest BCUT2D eigenvalue weighted by molar-refractivity contribution is -0.196. The van der Waals surface area contributed by atoms with E-state index >= 15 is 0 Å². The minimum atomic E-state index is -5.26. The topological polar surface area (TPSA) is 142 Å². The maximum atomic E-state index is 13.9.